The van der Waals surface area contributed by atoms with Gasteiger partial charge >= 0.3 is 0 Å². The third-order valence-electron chi connectivity index (χ3n) is 12.2. The number of fused-ring (bicyclic) bond motifs is 6. The SMILES string of the molecule is c1ccc(-c2cccc(-c3cc(-c4ccc(-c5ccc6nc(-c7ccccc7)c7cc8c(cc7c6c5)c5ccccc5n8-c5ccccc5)cc4)nc(-c4ccccc4)n3)c2)cc1. The standard InChI is InChI=1S/C59H38N4/c1-5-16-39(17-6-1)44-22-15-23-46(34-44)55-38-54(61-59(62-55)43-20-9-3-10-21-43)41-30-28-40(29-31-41)45-32-33-53-50(35-45)49-36-51-48-26-13-14-27-56(48)63(47-24-11-4-12-25-47)57(51)37-52(49)58(60-53)42-18-7-2-8-19-42/h1-38H. The van der Waals surface area contributed by atoms with Crippen LogP contribution in [0.15, 0.2) is 231 Å². The number of rotatable bonds is 7. The van der Waals surface area contributed by atoms with E-state index in [0.29, 0.717) is 5.82 Å². The zero-order valence-electron chi connectivity index (χ0n) is 34.2. The van der Waals surface area contributed by atoms with E-state index >= 15 is 0 Å². The van der Waals surface area contributed by atoms with Gasteiger partial charge in [-0.05, 0) is 82.2 Å². The fourth-order valence-electron chi connectivity index (χ4n) is 9.10. The summed E-state index contributed by atoms with van der Waals surface area (Å²) in [6.07, 6.45) is 0. The minimum absolute atomic E-state index is 0.696. The van der Waals surface area contributed by atoms with E-state index in [-0.39, 0.29) is 0 Å². The van der Waals surface area contributed by atoms with Crippen molar-refractivity contribution in [1.29, 1.82) is 0 Å². The van der Waals surface area contributed by atoms with Gasteiger partial charge in [-0.15, -0.1) is 0 Å². The zero-order valence-corrected chi connectivity index (χ0v) is 34.2. The normalized spacial score (nSPS) is 11.5. The third-order valence-corrected chi connectivity index (χ3v) is 12.2. The topological polar surface area (TPSA) is 43.6 Å². The Morgan fingerprint density at radius 2 is 0.825 bits per heavy atom. The lowest BCUT2D eigenvalue weighted by molar-refractivity contribution is 1.18. The van der Waals surface area contributed by atoms with Gasteiger partial charge in [-0.2, -0.15) is 0 Å². The molecule has 0 aliphatic carbocycles. The molecule has 0 aliphatic rings. The van der Waals surface area contributed by atoms with Crippen molar-refractivity contribution in [3.8, 4) is 73.1 Å². The van der Waals surface area contributed by atoms with E-state index in [1.165, 1.54) is 27.2 Å². The molecule has 3 heterocycles. The molecule has 0 atom stereocenters. The summed E-state index contributed by atoms with van der Waals surface area (Å²) >= 11 is 0. The second-order valence-corrected chi connectivity index (χ2v) is 16.0. The maximum Gasteiger partial charge on any atom is 0.160 e. The van der Waals surface area contributed by atoms with Crippen LogP contribution in [0.25, 0.3) is 117 Å². The van der Waals surface area contributed by atoms with Crippen molar-refractivity contribution in [2.45, 2.75) is 0 Å². The lowest BCUT2D eigenvalue weighted by Gasteiger charge is -2.14. The van der Waals surface area contributed by atoms with Crippen molar-refractivity contribution in [2.75, 3.05) is 0 Å². The molecule has 12 rings (SSSR count). The van der Waals surface area contributed by atoms with Gasteiger partial charge in [0.05, 0.1) is 33.6 Å². The molecule has 0 unspecified atom stereocenters. The van der Waals surface area contributed by atoms with Crippen LogP contribution in [0.5, 0.6) is 0 Å². The van der Waals surface area contributed by atoms with Crippen LogP contribution >= 0.6 is 0 Å². The maximum atomic E-state index is 5.39. The van der Waals surface area contributed by atoms with Crippen LogP contribution < -0.4 is 0 Å². The maximum absolute atomic E-state index is 5.39. The summed E-state index contributed by atoms with van der Waals surface area (Å²) in [4.78, 5) is 15.6. The van der Waals surface area contributed by atoms with Crippen molar-refractivity contribution in [2.24, 2.45) is 0 Å². The van der Waals surface area contributed by atoms with Crippen molar-refractivity contribution >= 4 is 43.5 Å². The highest BCUT2D eigenvalue weighted by Crippen LogP contribution is 2.41. The third kappa shape index (κ3) is 6.53. The van der Waals surface area contributed by atoms with Gasteiger partial charge < -0.3 is 4.57 Å². The van der Waals surface area contributed by atoms with E-state index in [9.17, 15) is 0 Å². The molecule has 9 aromatic carbocycles. The van der Waals surface area contributed by atoms with E-state index in [4.69, 9.17) is 15.0 Å². The van der Waals surface area contributed by atoms with Crippen molar-refractivity contribution in [1.82, 2.24) is 19.5 Å². The van der Waals surface area contributed by atoms with Crippen LogP contribution in [-0.2, 0) is 0 Å². The molecular formula is C59H38N4. The fraction of sp³-hybridized carbons (Fsp3) is 0. The average Bonchev–Trinajstić information content (AvgIpc) is 3.69. The number of para-hydroxylation sites is 2. The first-order valence-corrected chi connectivity index (χ1v) is 21.3. The van der Waals surface area contributed by atoms with E-state index in [1.807, 2.05) is 24.3 Å². The van der Waals surface area contributed by atoms with Crippen LogP contribution in [0.2, 0.25) is 0 Å². The first-order valence-electron chi connectivity index (χ1n) is 21.3. The molecule has 12 aromatic rings. The Kier molecular flexibility index (Phi) is 8.79. The van der Waals surface area contributed by atoms with Gasteiger partial charge in [-0.25, -0.2) is 15.0 Å². The Labute approximate surface area is 365 Å². The molecule has 63 heavy (non-hydrogen) atoms. The van der Waals surface area contributed by atoms with Crippen molar-refractivity contribution < 1.29 is 0 Å². The summed E-state index contributed by atoms with van der Waals surface area (Å²) < 4.78 is 2.38. The second-order valence-electron chi connectivity index (χ2n) is 16.0. The van der Waals surface area contributed by atoms with Crippen LogP contribution in [0, 0.1) is 0 Å². The van der Waals surface area contributed by atoms with Gasteiger partial charge in [0.2, 0.25) is 0 Å². The molecule has 3 aromatic heterocycles. The molecule has 0 N–H and O–H groups in total. The number of pyridine rings is 1. The minimum Gasteiger partial charge on any atom is -0.309 e. The molecule has 0 amide bonds. The first kappa shape index (κ1) is 36.4. The molecule has 0 bridgehead atoms. The van der Waals surface area contributed by atoms with Gasteiger partial charge in [0.1, 0.15) is 0 Å². The van der Waals surface area contributed by atoms with Gasteiger partial charge in [-0.1, -0.05) is 176 Å². The Balaban J connectivity index is 0.992. The van der Waals surface area contributed by atoms with Crippen molar-refractivity contribution in [3.63, 3.8) is 0 Å². The highest BCUT2D eigenvalue weighted by Gasteiger charge is 2.18. The molecule has 0 fully saturated rings. The lowest BCUT2D eigenvalue weighted by atomic mass is 9.95. The van der Waals surface area contributed by atoms with Gasteiger partial charge in [0.15, 0.2) is 5.82 Å². The number of hydrogen-bond donors (Lipinski definition) is 0. The van der Waals surface area contributed by atoms with E-state index in [1.54, 1.807) is 0 Å². The monoisotopic (exact) mass is 802 g/mol. The predicted molar refractivity (Wildman–Crippen MR) is 262 cm³/mol. The average molecular weight is 803 g/mol. The molecular weight excluding hydrogens is 765 g/mol. The van der Waals surface area contributed by atoms with Gasteiger partial charge in [-0.3, -0.25) is 0 Å². The molecule has 294 valence electrons. The Morgan fingerprint density at radius 1 is 0.270 bits per heavy atom. The number of aromatic nitrogens is 4. The summed E-state index contributed by atoms with van der Waals surface area (Å²) in [5.74, 6) is 0.696. The summed E-state index contributed by atoms with van der Waals surface area (Å²) in [6.45, 7) is 0. The summed E-state index contributed by atoms with van der Waals surface area (Å²) in [6, 6.07) is 81.5. The van der Waals surface area contributed by atoms with Gasteiger partial charge in [0.25, 0.3) is 0 Å². The Hall–Kier alpha value is -8.47. The molecule has 0 radical (unpaired) electrons. The predicted octanol–water partition coefficient (Wildman–Crippen LogP) is 15.3. The van der Waals surface area contributed by atoms with Gasteiger partial charge in [0, 0.05) is 49.5 Å². The van der Waals surface area contributed by atoms with Crippen LogP contribution in [0.3, 0.4) is 0 Å². The Morgan fingerprint density at radius 3 is 1.57 bits per heavy atom. The molecule has 0 saturated carbocycles. The largest absolute Gasteiger partial charge is 0.309 e. The molecule has 0 aliphatic heterocycles. The molecule has 0 saturated heterocycles. The minimum atomic E-state index is 0.696. The molecule has 4 heteroatoms. The van der Waals surface area contributed by atoms with Crippen molar-refractivity contribution in [3.05, 3.63) is 231 Å². The highest BCUT2D eigenvalue weighted by atomic mass is 15.0. The van der Waals surface area contributed by atoms with Crippen LogP contribution in [0.1, 0.15) is 0 Å². The van der Waals surface area contributed by atoms with E-state index < -0.39 is 0 Å². The Bertz CT molecular complexity index is 3640. The molecule has 4 nitrogen and oxygen atoms in total. The fourth-order valence-corrected chi connectivity index (χ4v) is 9.10. The number of nitrogens with zero attached hydrogens (tertiary/aromatic N) is 4. The first-order chi connectivity index (χ1) is 31.2. The quantitative estimate of drug-likeness (QED) is 0.151. The summed E-state index contributed by atoms with van der Waals surface area (Å²) in [7, 11) is 0. The summed E-state index contributed by atoms with van der Waals surface area (Å²) in [5, 5.41) is 5.86. The lowest BCUT2D eigenvalue weighted by Crippen LogP contribution is -1.96. The zero-order chi connectivity index (χ0) is 41.7. The molecule has 0 spiro atoms. The second kappa shape index (κ2) is 15.2. The van der Waals surface area contributed by atoms with E-state index in [0.717, 1.165) is 83.5 Å². The number of hydrogen-bond acceptors (Lipinski definition) is 3. The van der Waals surface area contributed by atoms with E-state index in [2.05, 4.69) is 211 Å². The highest BCUT2D eigenvalue weighted by molar-refractivity contribution is 6.20. The number of benzene rings is 9. The summed E-state index contributed by atoms with van der Waals surface area (Å²) in [5.41, 5.74) is 15.9. The van der Waals surface area contributed by atoms with Crippen LogP contribution in [-0.4, -0.2) is 19.5 Å². The smallest absolute Gasteiger partial charge is 0.160 e. The van der Waals surface area contributed by atoms with Crippen LogP contribution in [0.4, 0.5) is 0 Å².